The standard InChI is InChI=1S/C17H14N10O6S2/c18-17-21-12(25-35-17)9(24-33)13(29)20-10-14(30)26-11(16(31)32)6(4-34-15(10)26)3-27-5-19-22-7(27)1-2-8(28)23-27/h1-2,5,10,15H,3-4H2,(H5-,18,20,21,23,25,28,29,31,32,33)/p+1/t10-,15?,27?/m1/s1. The number of thioether (sulfide) groups is 1. The number of amides is 3. The number of oxime groups is 1. The van der Waals surface area contributed by atoms with E-state index < -0.39 is 40.8 Å². The van der Waals surface area contributed by atoms with Gasteiger partial charge in [0.1, 0.15) is 23.7 Å². The topological polar surface area (TPSA) is 225 Å². The lowest BCUT2D eigenvalue weighted by atomic mass is 10.0. The molecule has 2 unspecified atom stereocenters. The zero-order valence-corrected chi connectivity index (χ0v) is 19.0. The van der Waals surface area contributed by atoms with Crippen LogP contribution in [0.3, 0.4) is 0 Å². The Balaban J connectivity index is 1.37. The molecule has 1 aromatic heterocycles. The van der Waals surface area contributed by atoms with Gasteiger partial charge >= 0.3 is 5.97 Å². The van der Waals surface area contributed by atoms with Gasteiger partial charge in [0.05, 0.1) is 0 Å². The molecule has 18 heteroatoms. The van der Waals surface area contributed by atoms with Crippen molar-refractivity contribution < 1.29 is 34.1 Å². The number of β-lactam (4-membered cyclic amide) rings is 1. The number of nitrogens with zero attached hydrogens (tertiary/aromatic N) is 7. The molecular weight excluding hydrogens is 504 g/mol. The number of aromatic nitrogens is 2. The summed E-state index contributed by atoms with van der Waals surface area (Å²) >= 11 is 2.02. The maximum atomic E-state index is 12.9. The molecule has 0 spiro atoms. The van der Waals surface area contributed by atoms with Crippen LogP contribution in [0.2, 0.25) is 0 Å². The van der Waals surface area contributed by atoms with Gasteiger partial charge in [0.25, 0.3) is 23.6 Å². The molecule has 1 fully saturated rings. The predicted octanol–water partition coefficient (Wildman–Crippen LogP) is -2.19. The second-order valence-corrected chi connectivity index (χ2v) is 9.44. The number of hydrogen-bond acceptors (Lipinski definition) is 13. The maximum Gasteiger partial charge on any atom is 0.352 e. The third-order valence-electron chi connectivity index (χ3n) is 5.46. The first-order valence-corrected chi connectivity index (χ1v) is 11.6. The minimum absolute atomic E-state index is 0.0151. The molecule has 35 heavy (non-hydrogen) atoms. The van der Waals surface area contributed by atoms with Crippen LogP contribution < -0.4 is 16.5 Å². The lowest BCUT2D eigenvalue weighted by Gasteiger charge is -2.49. The minimum Gasteiger partial charge on any atom is -0.477 e. The molecule has 1 saturated heterocycles. The number of nitrogens with one attached hydrogen (secondary N) is 2. The van der Waals surface area contributed by atoms with Crippen LogP contribution in [0.25, 0.3) is 0 Å². The fraction of sp³-hybridized carbons (Fsp3) is 0.235. The summed E-state index contributed by atoms with van der Waals surface area (Å²) in [6.45, 7) is -0.0151. The van der Waals surface area contributed by atoms with E-state index in [1.54, 1.807) is 0 Å². The molecule has 0 aliphatic carbocycles. The van der Waals surface area contributed by atoms with Gasteiger partial charge in [-0.15, -0.1) is 16.4 Å². The molecule has 3 atom stereocenters. The highest BCUT2D eigenvalue weighted by Crippen LogP contribution is 2.41. The van der Waals surface area contributed by atoms with E-state index in [-0.39, 0.29) is 33.5 Å². The van der Waals surface area contributed by atoms with Crippen molar-refractivity contribution in [3.05, 3.63) is 29.2 Å². The Bertz CT molecular complexity index is 1330. The number of nitrogen functional groups attached to an aromatic ring is 1. The first-order chi connectivity index (χ1) is 16.7. The second-order valence-electron chi connectivity index (χ2n) is 7.55. The van der Waals surface area contributed by atoms with Crippen LogP contribution in [0.15, 0.2) is 38.8 Å². The van der Waals surface area contributed by atoms with Crippen LogP contribution in [-0.2, 0) is 19.2 Å². The normalized spacial score (nSPS) is 27.1. The number of fused-ring (bicyclic) bond motifs is 2. The van der Waals surface area contributed by atoms with Crippen LogP contribution >= 0.6 is 23.3 Å². The molecule has 0 radical (unpaired) electrons. The van der Waals surface area contributed by atoms with Gasteiger partial charge < -0.3 is 21.4 Å². The zero-order valence-electron chi connectivity index (χ0n) is 17.4. The van der Waals surface area contributed by atoms with Crippen molar-refractivity contribution in [2.45, 2.75) is 11.4 Å². The third-order valence-corrected chi connectivity index (χ3v) is 7.34. The average molecular weight is 520 g/mol. The fourth-order valence-corrected chi connectivity index (χ4v) is 5.72. The van der Waals surface area contributed by atoms with Crippen molar-refractivity contribution in [3.63, 3.8) is 0 Å². The summed E-state index contributed by atoms with van der Waals surface area (Å²) in [5, 5.41) is 31.6. The number of carbonyl (C=O) groups is 4. The van der Waals surface area contributed by atoms with E-state index in [4.69, 9.17) is 5.73 Å². The van der Waals surface area contributed by atoms with E-state index in [9.17, 15) is 29.5 Å². The Morgan fingerprint density at radius 2 is 2.17 bits per heavy atom. The Morgan fingerprint density at radius 3 is 2.86 bits per heavy atom. The van der Waals surface area contributed by atoms with Crippen LogP contribution in [-0.4, -0.2) is 94.5 Å². The van der Waals surface area contributed by atoms with Crippen molar-refractivity contribution in [2.75, 3.05) is 18.0 Å². The number of rotatable bonds is 6. The molecular formula is C17H15N10O6S2+. The van der Waals surface area contributed by atoms with Gasteiger partial charge in [-0.3, -0.25) is 19.3 Å². The summed E-state index contributed by atoms with van der Waals surface area (Å²) in [6, 6.07) is -1.08. The van der Waals surface area contributed by atoms with E-state index in [0.29, 0.717) is 11.4 Å². The van der Waals surface area contributed by atoms with Gasteiger partial charge in [-0.05, 0) is 0 Å². The Kier molecular flexibility index (Phi) is 5.33. The monoisotopic (exact) mass is 519 g/mol. The number of amidine groups is 1. The molecule has 3 amide bonds. The van der Waals surface area contributed by atoms with Crippen molar-refractivity contribution in [1.29, 1.82) is 0 Å². The fourth-order valence-electron chi connectivity index (χ4n) is 3.95. The smallest absolute Gasteiger partial charge is 0.352 e. The maximum absolute atomic E-state index is 12.9. The van der Waals surface area contributed by atoms with Gasteiger partial charge in [0.2, 0.25) is 17.9 Å². The summed E-state index contributed by atoms with van der Waals surface area (Å²) < 4.78 is 3.49. The van der Waals surface area contributed by atoms with Crippen LogP contribution in [0, 0.1) is 0 Å². The summed E-state index contributed by atoms with van der Waals surface area (Å²) in [4.78, 5) is 54.5. The molecule has 0 saturated carbocycles. The minimum atomic E-state index is -1.34. The number of nitrogens with two attached hydrogens (primary N) is 1. The first-order valence-electron chi connectivity index (χ1n) is 9.77. The zero-order chi connectivity index (χ0) is 24.9. The second kappa shape index (κ2) is 8.25. The molecule has 1 aromatic rings. The highest BCUT2D eigenvalue weighted by atomic mass is 32.2. The molecule has 6 N–H and O–H groups in total. The van der Waals surface area contributed by atoms with Crippen LogP contribution in [0.4, 0.5) is 5.13 Å². The Labute approximate surface area is 203 Å². The van der Waals surface area contributed by atoms with Crippen LogP contribution in [0.1, 0.15) is 5.82 Å². The van der Waals surface area contributed by atoms with Crippen LogP contribution in [0.5, 0.6) is 0 Å². The van der Waals surface area contributed by atoms with E-state index in [1.807, 2.05) is 0 Å². The molecule has 5 heterocycles. The highest BCUT2D eigenvalue weighted by Gasteiger charge is 2.56. The van der Waals surface area contributed by atoms with Gasteiger partial charge in [-0.2, -0.15) is 14.8 Å². The van der Waals surface area contributed by atoms with E-state index in [2.05, 4.69) is 35.5 Å². The molecule has 0 bridgehead atoms. The van der Waals surface area contributed by atoms with E-state index in [0.717, 1.165) is 16.4 Å². The number of carbonyl (C=O) groups excluding carboxylic acids is 3. The highest BCUT2D eigenvalue weighted by molar-refractivity contribution is 8.00. The SMILES string of the molecule is Nc1nc(/C(=N/O)C(=O)N[C@@H]2C(=O)N3C(C(=O)O)=C(C[N+]45C=NN=C4C=CC(=O)N5)CSC23)ns1. The number of hydrogen-bond donors (Lipinski definition) is 5. The van der Waals surface area contributed by atoms with Crippen molar-refractivity contribution in [2.24, 2.45) is 15.4 Å². The van der Waals surface area contributed by atoms with Gasteiger partial charge in [0, 0.05) is 35.0 Å². The van der Waals surface area contributed by atoms with Crippen molar-refractivity contribution in [3.8, 4) is 0 Å². The Hall–Kier alpha value is -4.16. The third kappa shape index (κ3) is 3.63. The number of carboxylic acid groups (broad SMARTS) is 1. The summed E-state index contributed by atoms with van der Waals surface area (Å²) in [6.07, 6.45) is 4.14. The first kappa shape index (κ1) is 22.6. The largest absolute Gasteiger partial charge is 0.477 e. The quantitative estimate of drug-likeness (QED) is 0.0897. The van der Waals surface area contributed by atoms with Crippen molar-refractivity contribution >= 4 is 70.0 Å². The van der Waals surface area contributed by atoms with E-state index in [1.165, 1.54) is 30.3 Å². The molecule has 16 nitrogen and oxygen atoms in total. The molecule has 180 valence electrons. The number of carboxylic acids is 1. The van der Waals surface area contributed by atoms with E-state index >= 15 is 0 Å². The summed E-state index contributed by atoms with van der Waals surface area (Å²) in [5.41, 5.74) is 7.78. The van der Waals surface area contributed by atoms with Gasteiger partial charge in [-0.25, -0.2) is 4.79 Å². The molecule has 5 rings (SSSR count). The molecule has 0 aromatic carbocycles. The average Bonchev–Trinajstić information content (AvgIpc) is 3.43. The summed E-state index contributed by atoms with van der Waals surface area (Å²) in [7, 11) is 0. The lowest BCUT2D eigenvalue weighted by Crippen LogP contribution is -2.71. The summed E-state index contributed by atoms with van der Waals surface area (Å²) in [5.74, 6) is -2.97. The number of anilines is 1. The van der Waals surface area contributed by atoms with Gasteiger partial charge in [-0.1, -0.05) is 15.4 Å². The molecule has 4 aliphatic rings. The molecule has 4 aliphatic heterocycles. The van der Waals surface area contributed by atoms with Crippen molar-refractivity contribution in [1.82, 2.24) is 25.0 Å². The Morgan fingerprint density at radius 1 is 1.37 bits per heavy atom. The van der Waals surface area contributed by atoms with Gasteiger partial charge in [0.15, 0.2) is 5.13 Å². The number of quaternary nitrogens is 1. The predicted molar refractivity (Wildman–Crippen MR) is 121 cm³/mol. The lowest BCUT2D eigenvalue weighted by molar-refractivity contribution is -0.772. The number of aliphatic carboxylic acids is 1.